The molecule has 2 atom stereocenters. The van der Waals surface area contributed by atoms with Gasteiger partial charge >= 0.3 is 0 Å². The first-order valence-corrected chi connectivity index (χ1v) is 6.19. The molecule has 0 aromatic rings. The topological polar surface area (TPSA) is 75.3 Å². The molecule has 4 nitrogen and oxygen atoms in total. The summed E-state index contributed by atoms with van der Waals surface area (Å²) in [4.78, 5) is 11.5. The van der Waals surface area contributed by atoms with Gasteiger partial charge in [0, 0.05) is 19.0 Å². The molecular weight excluding hydrogens is 204 g/mol. The fourth-order valence-corrected chi connectivity index (χ4v) is 1.84. The van der Waals surface area contributed by atoms with Gasteiger partial charge in [0.15, 0.2) is 0 Å². The van der Waals surface area contributed by atoms with Gasteiger partial charge in [0.1, 0.15) is 0 Å². The van der Waals surface area contributed by atoms with Crippen LogP contribution in [0.4, 0.5) is 0 Å². The average Bonchev–Trinajstić information content (AvgIpc) is 2.96. The molecule has 1 rings (SSSR count). The van der Waals surface area contributed by atoms with E-state index in [-0.39, 0.29) is 11.9 Å². The standard InChI is InChI=1S/C12H24N2O2/c1-8(2)5-10(15)7-14-12(16)6-11(13)9-3-4-9/h8-11,15H,3-7,13H2,1-2H3,(H,14,16). The Morgan fingerprint density at radius 2 is 2.12 bits per heavy atom. The summed E-state index contributed by atoms with van der Waals surface area (Å²) in [6.07, 6.45) is 2.98. The Balaban J connectivity index is 2.09. The van der Waals surface area contributed by atoms with Crippen LogP contribution in [0.3, 0.4) is 0 Å². The first kappa shape index (κ1) is 13.5. The molecule has 1 saturated carbocycles. The summed E-state index contributed by atoms with van der Waals surface area (Å²) in [5.41, 5.74) is 5.84. The minimum absolute atomic E-state index is 0.00208. The molecule has 4 N–H and O–H groups in total. The van der Waals surface area contributed by atoms with Crippen molar-refractivity contribution in [2.24, 2.45) is 17.6 Å². The number of nitrogens with two attached hydrogens (primary N) is 1. The highest BCUT2D eigenvalue weighted by Crippen LogP contribution is 2.32. The second kappa shape index (κ2) is 6.21. The van der Waals surface area contributed by atoms with Gasteiger partial charge < -0.3 is 16.2 Å². The molecule has 16 heavy (non-hydrogen) atoms. The third-order valence-corrected chi connectivity index (χ3v) is 2.93. The lowest BCUT2D eigenvalue weighted by atomic mass is 10.1. The summed E-state index contributed by atoms with van der Waals surface area (Å²) in [7, 11) is 0. The molecule has 0 bridgehead atoms. The highest BCUT2D eigenvalue weighted by atomic mass is 16.3. The molecule has 1 aliphatic carbocycles. The van der Waals surface area contributed by atoms with Crippen molar-refractivity contribution in [1.29, 1.82) is 0 Å². The molecule has 0 heterocycles. The number of nitrogens with one attached hydrogen (secondary N) is 1. The number of carbonyl (C=O) groups is 1. The molecule has 0 radical (unpaired) electrons. The fourth-order valence-electron chi connectivity index (χ4n) is 1.84. The zero-order valence-electron chi connectivity index (χ0n) is 10.3. The molecule has 0 aliphatic heterocycles. The van der Waals surface area contributed by atoms with Crippen molar-refractivity contribution in [3.63, 3.8) is 0 Å². The summed E-state index contributed by atoms with van der Waals surface area (Å²) in [6, 6.07) is 0.00208. The van der Waals surface area contributed by atoms with E-state index in [0.29, 0.717) is 24.8 Å². The maximum Gasteiger partial charge on any atom is 0.221 e. The fraction of sp³-hybridized carbons (Fsp3) is 0.917. The number of aliphatic hydroxyl groups is 1. The zero-order valence-corrected chi connectivity index (χ0v) is 10.3. The Labute approximate surface area is 97.6 Å². The minimum atomic E-state index is -0.443. The predicted octanol–water partition coefficient (Wildman–Crippen LogP) is 0.637. The predicted molar refractivity (Wildman–Crippen MR) is 63.8 cm³/mol. The number of aliphatic hydroxyl groups excluding tert-OH is 1. The van der Waals surface area contributed by atoms with Crippen molar-refractivity contribution in [2.45, 2.75) is 51.7 Å². The van der Waals surface area contributed by atoms with Gasteiger partial charge in [-0.05, 0) is 31.1 Å². The van der Waals surface area contributed by atoms with E-state index in [2.05, 4.69) is 5.32 Å². The quantitative estimate of drug-likeness (QED) is 0.598. The molecule has 4 heteroatoms. The second-order valence-corrected chi connectivity index (χ2v) is 5.29. The molecule has 0 saturated heterocycles. The van der Waals surface area contributed by atoms with Crippen molar-refractivity contribution in [1.82, 2.24) is 5.32 Å². The van der Waals surface area contributed by atoms with Crippen LogP contribution in [0, 0.1) is 11.8 Å². The first-order chi connectivity index (χ1) is 7.49. The number of hydrogen-bond donors (Lipinski definition) is 3. The number of hydrogen-bond acceptors (Lipinski definition) is 3. The summed E-state index contributed by atoms with van der Waals surface area (Å²) in [5, 5.41) is 12.3. The van der Waals surface area contributed by atoms with E-state index < -0.39 is 6.10 Å². The van der Waals surface area contributed by atoms with Crippen LogP contribution in [0.1, 0.15) is 39.5 Å². The molecule has 1 fully saturated rings. The van der Waals surface area contributed by atoms with Crippen molar-refractivity contribution in [2.75, 3.05) is 6.54 Å². The lowest BCUT2D eigenvalue weighted by Gasteiger charge is -2.15. The van der Waals surface area contributed by atoms with Gasteiger partial charge in [-0.25, -0.2) is 0 Å². The van der Waals surface area contributed by atoms with Crippen LogP contribution < -0.4 is 11.1 Å². The Morgan fingerprint density at radius 1 is 1.50 bits per heavy atom. The van der Waals surface area contributed by atoms with Crippen LogP contribution in [0.25, 0.3) is 0 Å². The van der Waals surface area contributed by atoms with Gasteiger partial charge in [-0.2, -0.15) is 0 Å². The van der Waals surface area contributed by atoms with Crippen LogP contribution in [0.5, 0.6) is 0 Å². The Kier molecular flexibility index (Phi) is 5.22. The summed E-state index contributed by atoms with van der Waals surface area (Å²) < 4.78 is 0. The van der Waals surface area contributed by atoms with E-state index >= 15 is 0 Å². The van der Waals surface area contributed by atoms with Crippen LogP contribution >= 0.6 is 0 Å². The molecule has 94 valence electrons. The maximum absolute atomic E-state index is 11.5. The number of amides is 1. The highest BCUT2D eigenvalue weighted by Gasteiger charge is 2.29. The Bertz CT molecular complexity index is 227. The Morgan fingerprint density at radius 3 is 2.62 bits per heavy atom. The maximum atomic E-state index is 11.5. The van der Waals surface area contributed by atoms with E-state index in [4.69, 9.17) is 5.73 Å². The highest BCUT2D eigenvalue weighted by molar-refractivity contribution is 5.76. The minimum Gasteiger partial charge on any atom is -0.391 e. The monoisotopic (exact) mass is 228 g/mol. The SMILES string of the molecule is CC(C)CC(O)CNC(=O)CC(N)C1CC1. The average molecular weight is 228 g/mol. The lowest BCUT2D eigenvalue weighted by Crippen LogP contribution is -2.37. The molecular formula is C12H24N2O2. The summed E-state index contributed by atoms with van der Waals surface area (Å²) >= 11 is 0. The number of carbonyl (C=O) groups excluding carboxylic acids is 1. The van der Waals surface area contributed by atoms with Gasteiger partial charge in [0.2, 0.25) is 5.91 Å². The smallest absolute Gasteiger partial charge is 0.221 e. The van der Waals surface area contributed by atoms with Crippen molar-refractivity contribution in [3.05, 3.63) is 0 Å². The van der Waals surface area contributed by atoms with Crippen LogP contribution in [0.2, 0.25) is 0 Å². The molecule has 2 unspecified atom stereocenters. The van der Waals surface area contributed by atoms with Crippen LogP contribution in [-0.2, 0) is 4.79 Å². The number of rotatable bonds is 7. The molecule has 0 spiro atoms. The van der Waals surface area contributed by atoms with Crippen molar-refractivity contribution < 1.29 is 9.90 Å². The van der Waals surface area contributed by atoms with E-state index in [1.54, 1.807) is 0 Å². The van der Waals surface area contributed by atoms with Crippen molar-refractivity contribution in [3.8, 4) is 0 Å². The van der Waals surface area contributed by atoms with Gasteiger partial charge in [-0.1, -0.05) is 13.8 Å². The second-order valence-electron chi connectivity index (χ2n) is 5.29. The van der Waals surface area contributed by atoms with E-state index in [1.807, 2.05) is 13.8 Å². The van der Waals surface area contributed by atoms with E-state index in [0.717, 1.165) is 19.3 Å². The molecule has 0 aromatic carbocycles. The molecule has 1 aliphatic rings. The van der Waals surface area contributed by atoms with Gasteiger partial charge in [0.05, 0.1) is 6.10 Å². The third kappa shape index (κ3) is 5.47. The molecule has 1 amide bonds. The van der Waals surface area contributed by atoms with Gasteiger partial charge in [-0.3, -0.25) is 4.79 Å². The van der Waals surface area contributed by atoms with Crippen molar-refractivity contribution >= 4 is 5.91 Å². The van der Waals surface area contributed by atoms with Crippen LogP contribution in [0.15, 0.2) is 0 Å². The van der Waals surface area contributed by atoms with E-state index in [1.165, 1.54) is 0 Å². The van der Waals surface area contributed by atoms with Crippen LogP contribution in [-0.4, -0.2) is 29.7 Å². The largest absolute Gasteiger partial charge is 0.391 e. The lowest BCUT2D eigenvalue weighted by molar-refractivity contribution is -0.122. The Hall–Kier alpha value is -0.610. The van der Waals surface area contributed by atoms with E-state index in [9.17, 15) is 9.90 Å². The van der Waals surface area contributed by atoms with Gasteiger partial charge in [-0.15, -0.1) is 0 Å². The summed E-state index contributed by atoms with van der Waals surface area (Å²) in [5.74, 6) is 0.953. The summed E-state index contributed by atoms with van der Waals surface area (Å²) in [6.45, 7) is 4.44. The molecule has 0 aromatic heterocycles. The first-order valence-electron chi connectivity index (χ1n) is 6.19. The zero-order chi connectivity index (χ0) is 12.1. The van der Waals surface area contributed by atoms with Gasteiger partial charge in [0.25, 0.3) is 0 Å². The third-order valence-electron chi connectivity index (χ3n) is 2.93. The normalized spacial score (nSPS) is 19.6.